The van der Waals surface area contributed by atoms with Gasteiger partial charge in [-0.1, -0.05) is 30.0 Å². The van der Waals surface area contributed by atoms with Crippen molar-refractivity contribution in [2.75, 3.05) is 12.9 Å². The largest absolute Gasteiger partial charge is 0.497 e. The summed E-state index contributed by atoms with van der Waals surface area (Å²) in [6.45, 7) is 0.622. The fourth-order valence-corrected chi connectivity index (χ4v) is 4.20. The van der Waals surface area contributed by atoms with Crippen LogP contribution >= 0.6 is 23.1 Å². The van der Waals surface area contributed by atoms with Crippen LogP contribution in [0.5, 0.6) is 5.75 Å². The molecule has 6 nitrogen and oxygen atoms in total. The Morgan fingerprint density at radius 2 is 2.14 bits per heavy atom. The van der Waals surface area contributed by atoms with Crippen molar-refractivity contribution in [2.45, 2.75) is 30.6 Å². The number of nitrogens with zero attached hydrogens (tertiary/aromatic N) is 3. The van der Waals surface area contributed by atoms with Crippen LogP contribution in [0.2, 0.25) is 0 Å². The highest BCUT2D eigenvalue weighted by Crippen LogP contribution is 2.30. The maximum Gasteiger partial charge on any atom is 0.233 e. The van der Waals surface area contributed by atoms with Crippen LogP contribution in [0.3, 0.4) is 0 Å². The number of benzene rings is 1. The van der Waals surface area contributed by atoms with E-state index >= 15 is 0 Å². The smallest absolute Gasteiger partial charge is 0.233 e. The van der Waals surface area contributed by atoms with Crippen LogP contribution in [-0.4, -0.2) is 44.9 Å². The second-order valence-corrected chi connectivity index (χ2v) is 8.66. The molecule has 1 amide bonds. The number of carbonyl (C=O) groups is 1. The van der Waals surface area contributed by atoms with Gasteiger partial charge in [-0.15, -0.1) is 16.4 Å². The molecule has 1 saturated carbocycles. The highest BCUT2D eigenvalue weighted by molar-refractivity contribution is 7.99. The Morgan fingerprint density at radius 1 is 1.31 bits per heavy atom. The average molecular weight is 427 g/mol. The van der Waals surface area contributed by atoms with Crippen molar-refractivity contribution in [3.63, 3.8) is 0 Å². The van der Waals surface area contributed by atoms with Gasteiger partial charge in [-0.05, 0) is 54.1 Å². The summed E-state index contributed by atoms with van der Waals surface area (Å²) in [5.74, 6) is 1.96. The van der Waals surface area contributed by atoms with Gasteiger partial charge in [-0.3, -0.25) is 9.89 Å². The highest BCUT2D eigenvalue weighted by atomic mass is 32.2. The number of thioether (sulfide) groups is 1. The van der Waals surface area contributed by atoms with E-state index < -0.39 is 0 Å². The van der Waals surface area contributed by atoms with Gasteiger partial charge >= 0.3 is 0 Å². The zero-order valence-corrected chi connectivity index (χ0v) is 17.7. The molecule has 0 radical (unpaired) electrons. The molecule has 1 aliphatic carbocycles. The molecule has 2 aromatic heterocycles. The zero-order valence-electron chi connectivity index (χ0n) is 16.1. The molecular weight excluding hydrogens is 404 g/mol. The molecule has 0 atom stereocenters. The molecule has 3 aromatic rings. The average Bonchev–Trinajstić information content (AvgIpc) is 3.25. The van der Waals surface area contributed by atoms with Gasteiger partial charge in [0.05, 0.1) is 12.9 Å². The van der Waals surface area contributed by atoms with Gasteiger partial charge in [0.2, 0.25) is 11.1 Å². The molecule has 2 heterocycles. The lowest BCUT2D eigenvalue weighted by atomic mass is 10.2. The third-order valence-corrected chi connectivity index (χ3v) is 6.25. The van der Waals surface area contributed by atoms with Gasteiger partial charge < -0.3 is 9.64 Å². The quantitative estimate of drug-likeness (QED) is 0.516. The van der Waals surface area contributed by atoms with E-state index in [0.717, 1.165) is 29.0 Å². The monoisotopic (exact) mass is 426 g/mol. The van der Waals surface area contributed by atoms with Gasteiger partial charge in [0, 0.05) is 17.5 Å². The van der Waals surface area contributed by atoms with Crippen molar-refractivity contribution >= 4 is 41.2 Å². The summed E-state index contributed by atoms with van der Waals surface area (Å²) in [5.41, 5.74) is 1.11. The molecular formula is C21H22N4O2S2. The molecule has 29 heavy (non-hydrogen) atoms. The standard InChI is InChI=1S/C21H22N4O2S2/c1-27-17-8-4-15(5-9-17)13-25(16-6-7-16)20(26)14-29-21-22-19(23-24-21)11-10-18-3-2-12-28-18/h2-5,8-12,16H,6-7,13-14H2,1H3,(H,22,23,24)/b11-10+. The number of carbonyl (C=O) groups excluding carboxylic acids is 1. The van der Waals surface area contributed by atoms with E-state index in [9.17, 15) is 4.79 Å². The first kappa shape index (κ1) is 19.7. The Bertz CT molecular complexity index is 963. The fourth-order valence-electron chi connectivity index (χ4n) is 2.89. The van der Waals surface area contributed by atoms with E-state index in [1.807, 2.05) is 58.8 Å². The summed E-state index contributed by atoms with van der Waals surface area (Å²) in [4.78, 5) is 20.4. The van der Waals surface area contributed by atoms with E-state index in [4.69, 9.17) is 4.74 Å². The van der Waals surface area contributed by atoms with E-state index in [1.165, 1.54) is 11.8 Å². The van der Waals surface area contributed by atoms with E-state index in [1.54, 1.807) is 18.4 Å². The number of rotatable bonds is 9. The first-order chi connectivity index (χ1) is 14.2. The summed E-state index contributed by atoms with van der Waals surface area (Å²) in [5, 5.41) is 9.73. The Labute approximate surface area is 178 Å². The summed E-state index contributed by atoms with van der Waals surface area (Å²) < 4.78 is 5.20. The molecule has 150 valence electrons. The second-order valence-electron chi connectivity index (χ2n) is 6.74. The minimum absolute atomic E-state index is 0.119. The van der Waals surface area contributed by atoms with Crippen LogP contribution in [0.15, 0.2) is 46.9 Å². The summed E-state index contributed by atoms with van der Waals surface area (Å²) in [7, 11) is 1.65. The number of methoxy groups -OCH3 is 1. The molecule has 1 aliphatic rings. The summed E-state index contributed by atoms with van der Waals surface area (Å²) in [6, 6.07) is 12.3. The van der Waals surface area contributed by atoms with Crippen LogP contribution in [0, 0.1) is 0 Å². The fraction of sp³-hybridized carbons (Fsp3) is 0.286. The maximum atomic E-state index is 12.8. The van der Waals surface area contributed by atoms with Crippen molar-refractivity contribution in [3.05, 3.63) is 58.0 Å². The molecule has 1 fully saturated rings. The van der Waals surface area contributed by atoms with Crippen LogP contribution in [0.1, 0.15) is 29.1 Å². The number of H-pyrrole nitrogens is 1. The number of nitrogens with one attached hydrogen (secondary N) is 1. The van der Waals surface area contributed by atoms with E-state index in [0.29, 0.717) is 29.3 Å². The molecule has 4 rings (SSSR count). The Kier molecular flexibility index (Phi) is 6.31. The number of ether oxygens (including phenoxy) is 1. The number of hydrogen-bond donors (Lipinski definition) is 1. The van der Waals surface area contributed by atoms with Crippen molar-refractivity contribution in [2.24, 2.45) is 0 Å². The molecule has 0 unspecified atom stereocenters. The van der Waals surface area contributed by atoms with Gasteiger partial charge in [-0.25, -0.2) is 4.98 Å². The molecule has 0 bridgehead atoms. The topological polar surface area (TPSA) is 71.1 Å². The Hall–Kier alpha value is -2.58. The first-order valence-corrected chi connectivity index (χ1v) is 11.3. The maximum absolute atomic E-state index is 12.8. The minimum atomic E-state index is 0.119. The van der Waals surface area contributed by atoms with Crippen molar-refractivity contribution < 1.29 is 9.53 Å². The SMILES string of the molecule is COc1ccc(CN(C(=O)CSc2n[nH]c(/C=C/c3cccs3)n2)C2CC2)cc1. The second kappa shape index (κ2) is 9.28. The van der Waals surface area contributed by atoms with Crippen LogP contribution in [0.25, 0.3) is 12.2 Å². The molecule has 0 saturated heterocycles. The lowest BCUT2D eigenvalue weighted by Crippen LogP contribution is -2.34. The predicted molar refractivity (Wildman–Crippen MR) is 117 cm³/mol. The first-order valence-electron chi connectivity index (χ1n) is 9.40. The van der Waals surface area contributed by atoms with Crippen molar-refractivity contribution in [3.8, 4) is 5.75 Å². The Morgan fingerprint density at radius 3 is 2.83 bits per heavy atom. The van der Waals surface area contributed by atoms with Crippen LogP contribution in [-0.2, 0) is 11.3 Å². The van der Waals surface area contributed by atoms with E-state index in [-0.39, 0.29) is 5.91 Å². The number of amides is 1. The van der Waals surface area contributed by atoms with Gasteiger partial charge in [0.1, 0.15) is 11.6 Å². The number of hydrogen-bond acceptors (Lipinski definition) is 6. The predicted octanol–water partition coefficient (Wildman–Crippen LogP) is 4.33. The normalized spacial score (nSPS) is 13.7. The van der Waals surface area contributed by atoms with Crippen molar-refractivity contribution in [1.29, 1.82) is 0 Å². The summed E-state index contributed by atoms with van der Waals surface area (Å²) >= 11 is 3.03. The molecule has 0 aliphatic heterocycles. The highest BCUT2D eigenvalue weighted by Gasteiger charge is 2.32. The zero-order chi connectivity index (χ0) is 20.1. The lowest BCUT2D eigenvalue weighted by molar-refractivity contribution is -0.129. The van der Waals surface area contributed by atoms with Crippen molar-refractivity contribution in [1.82, 2.24) is 20.1 Å². The number of aromatic amines is 1. The molecule has 0 spiro atoms. The lowest BCUT2D eigenvalue weighted by Gasteiger charge is -2.22. The minimum Gasteiger partial charge on any atom is -0.497 e. The van der Waals surface area contributed by atoms with Crippen LogP contribution < -0.4 is 4.74 Å². The molecule has 1 aromatic carbocycles. The number of thiophene rings is 1. The number of aromatic nitrogens is 3. The molecule has 1 N–H and O–H groups in total. The summed E-state index contributed by atoms with van der Waals surface area (Å²) in [6.07, 6.45) is 6.04. The van der Waals surface area contributed by atoms with Gasteiger partial charge in [-0.2, -0.15) is 0 Å². The molecule has 8 heteroatoms. The third-order valence-electron chi connectivity index (χ3n) is 4.58. The van der Waals surface area contributed by atoms with E-state index in [2.05, 4.69) is 15.2 Å². The van der Waals surface area contributed by atoms with Gasteiger partial charge in [0.25, 0.3) is 0 Å². The van der Waals surface area contributed by atoms with Gasteiger partial charge in [0.15, 0.2) is 0 Å². The third kappa shape index (κ3) is 5.48. The Balaban J connectivity index is 1.32. The van der Waals surface area contributed by atoms with Crippen LogP contribution in [0.4, 0.5) is 0 Å².